The van der Waals surface area contributed by atoms with Gasteiger partial charge in [-0.05, 0) is 12.1 Å². The van der Waals surface area contributed by atoms with E-state index in [4.69, 9.17) is 0 Å². The van der Waals surface area contributed by atoms with Crippen molar-refractivity contribution in [3.05, 3.63) is 29.8 Å². The minimum absolute atomic E-state index is 0.416. The summed E-state index contributed by atoms with van der Waals surface area (Å²) in [7, 11) is -3.62. The van der Waals surface area contributed by atoms with E-state index in [0.29, 0.717) is 0 Å². The van der Waals surface area contributed by atoms with E-state index < -0.39 is 39.0 Å². The second-order valence-electron chi connectivity index (χ2n) is 3.54. The molecule has 0 saturated carbocycles. The molecule has 0 atom stereocenters. The van der Waals surface area contributed by atoms with Crippen LogP contribution in [-0.2, 0) is 9.84 Å². The molecule has 100 valence electrons. The second-order valence-corrected chi connectivity index (χ2v) is 5.68. The molecule has 1 aromatic rings. The number of rotatable bonds is 4. The zero-order chi connectivity index (χ0) is 14.0. The maximum absolute atomic E-state index is 12.1. The van der Waals surface area contributed by atoms with Gasteiger partial charge in [0, 0.05) is 6.26 Å². The van der Waals surface area contributed by atoms with E-state index in [9.17, 15) is 26.4 Å². The van der Waals surface area contributed by atoms with Crippen LogP contribution in [-0.4, -0.2) is 32.6 Å². The number of benzene rings is 1. The van der Waals surface area contributed by atoms with Gasteiger partial charge in [-0.3, -0.25) is 4.79 Å². The number of hydrogen-bond acceptors (Lipinski definition) is 4. The van der Waals surface area contributed by atoms with Crippen LogP contribution in [0.2, 0.25) is 0 Å². The summed E-state index contributed by atoms with van der Waals surface area (Å²) in [5.41, 5.74) is -0.416. The summed E-state index contributed by atoms with van der Waals surface area (Å²) in [4.78, 5) is 11.5. The number of hydrogen-bond donors (Lipinski definition) is 0. The Morgan fingerprint density at radius 2 is 1.83 bits per heavy atom. The van der Waals surface area contributed by atoms with E-state index >= 15 is 0 Å². The minimum Gasteiger partial charge on any atom is -0.405 e. The van der Waals surface area contributed by atoms with Crippen molar-refractivity contribution in [2.45, 2.75) is 6.36 Å². The summed E-state index contributed by atoms with van der Waals surface area (Å²) in [5.74, 6) is -2.53. The van der Waals surface area contributed by atoms with Crippen molar-refractivity contribution in [1.29, 1.82) is 0 Å². The molecular formula is C10H9F3O4S. The summed E-state index contributed by atoms with van der Waals surface area (Å²) in [5, 5.41) is 0. The fourth-order valence-corrected chi connectivity index (χ4v) is 1.86. The van der Waals surface area contributed by atoms with Crippen molar-refractivity contribution >= 4 is 15.6 Å². The zero-order valence-corrected chi connectivity index (χ0v) is 10.0. The van der Waals surface area contributed by atoms with Crippen LogP contribution in [0.25, 0.3) is 0 Å². The first-order valence-electron chi connectivity index (χ1n) is 4.64. The normalized spacial score (nSPS) is 12.2. The third-order valence-corrected chi connectivity index (χ3v) is 2.59. The molecule has 0 aromatic heterocycles. The van der Waals surface area contributed by atoms with Crippen LogP contribution in [0.15, 0.2) is 24.3 Å². The molecule has 0 unspecified atom stereocenters. The molecule has 0 spiro atoms. The number of para-hydroxylation sites is 1. The van der Waals surface area contributed by atoms with Gasteiger partial charge in [0.2, 0.25) is 0 Å². The first-order valence-corrected chi connectivity index (χ1v) is 6.70. The lowest BCUT2D eigenvalue weighted by Gasteiger charge is -2.12. The van der Waals surface area contributed by atoms with Gasteiger partial charge in [0.1, 0.15) is 11.5 Å². The Balaban J connectivity index is 3.06. The summed E-state index contributed by atoms with van der Waals surface area (Å²) < 4.78 is 61.7. The number of ketones is 1. The first-order chi connectivity index (χ1) is 8.08. The Morgan fingerprint density at radius 1 is 1.28 bits per heavy atom. The maximum atomic E-state index is 12.1. The van der Waals surface area contributed by atoms with E-state index in [1.54, 1.807) is 0 Å². The maximum Gasteiger partial charge on any atom is 0.573 e. The highest BCUT2D eigenvalue weighted by Gasteiger charge is 2.33. The Labute approximate surface area is 101 Å². The molecule has 0 heterocycles. The van der Waals surface area contributed by atoms with Crippen LogP contribution in [0.4, 0.5) is 13.2 Å². The molecule has 1 aromatic carbocycles. The Morgan fingerprint density at radius 3 is 2.33 bits per heavy atom. The fraction of sp³-hybridized carbons (Fsp3) is 0.300. The molecule has 0 aliphatic carbocycles. The first kappa shape index (κ1) is 14.5. The lowest BCUT2D eigenvalue weighted by Crippen LogP contribution is -2.21. The van der Waals surface area contributed by atoms with Crippen molar-refractivity contribution in [3.8, 4) is 5.75 Å². The molecule has 0 fully saturated rings. The van der Waals surface area contributed by atoms with Crippen LogP contribution >= 0.6 is 0 Å². The van der Waals surface area contributed by atoms with Crippen LogP contribution in [0.3, 0.4) is 0 Å². The van der Waals surface area contributed by atoms with Gasteiger partial charge in [-0.15, -0.1) is 13.2 Å². The predicted molar refractivity (Wildman–Crippen MR) is 57.2 cm³/mol. The van der Waals surface area contributed by atoms with Crippen LogP contribution < -0.4 is 4.74 Å². The van der Waals surface area contributed by atoms with Crippen molar-refractivity contribution in [2.24, 2.45) is 0 Å². The van der Waals surface area contributed by atoms with Gasteiger partial charge >= 0.3 is 6.36 Å². The molecule has 0 saturated heterocycles. The largest absolute Gasteiger partial charge is 0.573 e. The molecule has 0 bridgehead atoms. The molecule has 8 heteroatoms. The smallest absolute Gasteiger partial charge is 0.405 e. The molecule has 18 heavy (non-hydrogen) atoms. The lowest BCUT2D eigenvalue weighted by atomic mass is 10.1. The summed E-state index contributed by atoms with van der Waals surface area (Å²) in [6.45, 7) is 0. The monoisotopic (exact) mass is 282 g/mol. The highest BCUT2D eigenvalue weighted by molar-refractivity contribution is 7.91. The quantitative estimate of drug-likeness (QED) is 0.790. The third kappa shape index (κ3) is 4.74. The van der Waals surface area contributed by atoms with E-state index in [1.165, 1.54) is 12.1 Å². The van der Waals surface area contributed by atoms with E-state index in [2.05, 4.69) is 4.74 Å². The number of ether oxygens (including phenoxy) is 1. The van der Waals surface area contributed by atoms with Crippen molar-refractivity contribution in [1.82, 2.24) is 0 Å². The van der Waals surface area contributed by atoms with Gasteiger partial charge in [-0.25, -0.2) is 8.42 Å². The molecule has 4 nitrogen and oxygen atoms in total. The number of sulfone groups is 1. The summed E-state index contributed by atoms with van der Waals surface area (Å²) in [6.07, 6.45) is -4.13. The molecule has 0 radical (unpaired) electrons. The highest BCUT2D eigenvalue weighted by atomic mass is 32.2. The summed E-state index contributed by atoms with van der Waals surface area (Å²) in [6, 6.07) is 4.59. The average Bonchev–Trinajstić information content (AvgIpc) is 2.12. The summed E-state index contributed by atoms with van der Waals surface area (Å²) >= 11 is 0. The van der Waals surface area contributed by atoms with Crippen molar-refractivity contribution in [2.75, 3.05) is 12.0 Å². The standard InChI is InChI=1S/C10H9F3O4S/c1-18(15,16)6-8(14)7-4-2-3-5-9(7)17-10(11,12)13/h2-5H,6H2,1H3. The van der Waals surface area contributed by atoms with Gasteiger partial charge < -0.3 is 4.74 Å². The van der Waals surface area contributed by atoms with Crippen molar-refractivity contribution < 1.29 is 31.1 Å². The Kier molecular flexibility index (Phi) is 4.00. The third-order valence-electron chi connectivity index (χ3n) is 1.81. The molecule has 0 amide bonds. The molecule has 1 rings (SSSR count). The van der Waals surface area contributed by atoms with Crippen LogP contribution in [0, 0.1) is 0 Å². The fourth-order valence-electron chi connectivity index (χ4n) is 1.23. The Hall–Kier alpha value is -1.57. The highest BCUT2D eigenvalue weighted by Crippen LogP contribution is 2.26. The van der Waals surface area contributed by atoms with Gasteiger partial charge in [-0.1, -0.05) is 12.1 Å². The van der Waals surface area contributed by atoms with Crippen LogP contribution in [0.1, 0.15) is 10.4 Å². The predicted octanol–water partition coefficient (Wildman–Crippen LogP) is 1.81. The molecule has 0 N–H and O–H groups in total. The molecule has 0 aliphatic heterocycles. The van der Waals surface area contributed by atoms with Crippen molar-refractivity contribution in [3.63, 3.8) is 0 Å². The van der Waals surface area contributed by atoms with Crippen LogP contribution in [0.5, 0.6) is 5.75 Å². The zero-order valence-electron chi connectivity index (χ0n) is 9.19. The number of carbonyl (C=O) groups excluding carboxylic acids is 1. The topological polar surface area (TPSA) is 60.4 Å². The number of halogens is 3. The number of carbonyl (C=O) groups is 1. The van der Waals surface area contributed by atoms with E-state index in [0.717, 1.165) is 18.4 Å². The molecule has 0 aliphatic rings. The van der Waals surface area contributed by atoms with Gasteiger partial charge in [0.05, 0.1) is 5.56 Å². The van der Waals surface area contributed by atoms with Gasteiger partial charge in [0.15, 0.2) is 15.6 Å². The number of alkyl halides is 3. The van der Waals surface area contributed by atoms with E-state index in [1.807, 2.05) is 0 Å². The Bertz CT molecular complexity index is 548. The lowest BCUT2D eigenvalue weighted by molar-refractivity contribution is -0.274. The van der Waals surface area contributed by atoms with Gasteiger partial charge in [0.25, 0.3) is 0 Å². The minimum atomic E-state index is -4.94. The SMILES string of the molecule is CS(=O)(=O)CC(=O)c1ccccc1OC(F)(F)F. The second kappa shape index (κ2) is 4.97. The average molecular weight is 282 g/mol. The number of Topliss-reactive ketones (excluding diaryl/α,β-unsaturated/α-hetero) is 1. The van der Waals surface area contributed by atoms with E-state index in [-0.39, 0.29) is 0 Å². The molecular weight excluding hydrogens is 273 g/mol. The van der Waals surface area contributed by atoms with Gasteiger partial charge in [-0.2, -0.15) is 0 Å².